The monoisotopic (exact) mass is 212 g/mol. The van der Waals surface area contributed by atoms with E-state index < -0.39 is 0 Å². The first-order valence-corrected chi connectivity index (χ1v) is 5.38. The fourth-order valence-corrected chi connectivity index (χ4v) is 1.98. The molecule has 1 atom stereocenters. The molecule has 0 aromatic carbocycles. The molecule has 0 amide bonds. The van der Waals surface area contributed by atoms with E-state index in [4.69, 9.17) is 4.42 Å². The Hall–Kier alpha value is -0.870. The molecule has 2 heterocycles. The molecule has 1 N–H and O–H groups in total. The summed E-state index contributed by atoms with van der Waals surface area (Å²) in [7, 11) is 0. The Kier molecular flexibility index (Phi) is 3.38. The number of aryl methyl sites for hydroxylation is 1. The number of alkyl halides is 1. The second-order valence-electron chi connectivity index (χ2n) is 3.90. The predicted octanol–water partition coefficient (Wildman–Crippen LogP) is 1.50. The van der Waals surface area contributed by atoms with Crippen LogP contribution in [0.1, 0.15) is 17.6 Å². The number of halogens is 1. The molecule has 0 unspecified atom stereocenters. The smallest absolute Gasteiger partial charge is 0.123 e. The van der Waals surface area contributed by atoms with E-state index in [2.05, 4.69) is 10.2 Å². The third-order valence-electron chi connectivity index (χ3n) is 2.83. The highest BCUT2D eigenvalue weighted by Gasteiger charge is 2.24. The van der Waals surface area contributed by atoms with Gasteiger partial charge in [-0.05, 0) is 19.1 Å². The predicted molar refractivity (Wildman–Crippen MR) is 56.6 cm³/mol. The van der Waals surface area contributed by atoms with Crippen LogP contribution in [-0.4, -0.2) is 37.8 Å². The lowest BCUT2D eigenvalue weighted by molar-refractivity contribution is 0.129. The number of nitrogens with zero attached hydrogens (tertiary/aromatic N) is 1. The molecule has 1 aromatic heterocycles. The van der Waals surface area contributed by atoms with Crippen LogP contribution in [0.3, 0.4) is 0 Å². The van der Waals surface area contributed by atoms with Crippen LogP contribution < -0.4 is 5.32 Å². The molecule has 2 rings (SSSR count). The van der Waals surface area contributed by atoms with Crippen molar-refractivity contribution in [1.82, 2.24) is 10.2 Å². The van der Waals surface area contributed by atoms with Crippen LogP contribution in [0.15, 0.2) is 16.5 Å². The van der Waals surface area contributed by atoms with E-state index in [1.165, 1.54) is 0 Å². The minimum atomic E-state index is -0.382. The van der Waals surface area contributed by atoms with Gasteiger partial charge in [-0.1, -0.05) is 0 Å². The van der Waals surface area contributed by atoms with Gasteiger partial charge in [0.1, 0.15) is 18.2 Å². The molecule has 1 fully saturated rings. The number of furan rings is 1. The Balaban J connectivity index is 2.08. The molecule has 15 heavy (non-hydrogen) atoms. The van der Waals surface area contributed by atoms with Crippen molar-refractivity contribution in [3.63, 3.8) is 0 Å². The number of piperazine rings is 1. The molecule has 0 radical (unpaired) electrons. The number of hydrogen-bond donors (Lipinski definition) is 1. The second-order valence-corrected chi connectivity index (χ2v) is 3.90. The van der Waals surface area contributed by atoms with E-state index in [1.54, 1.807) is 0 Å². The van der Waals surface area contributed by atoms with Gasteiger partial charge in [0.15, 0.2) is 0 Å². The van der Waals surface area contributed by atoms with Crippen molar-refractivity contribution in [3.8, 4) is 0 Å². The number of rotatable bonds is 3. The van der Waals surface area contributed by atoms with Crippen molar-refractivity contribution in [3.05, 3.63) is 23.7 Å². The van der Waals surface area contributed by atoms with Crippen molar-refractivity contribution in [2.75, 3.05) is 32.9 Å². The van der Waals surface area contributed by atoms with Gasteiger partial charge in [-0.3, -0.25) is 4.90 Å². The Bertz CT molecular complexity index is 307. The summed E-state index contributed by atoms with van der Waals surface area (Å²) in [5.41, 5.74) is 0. The van der Waals surface area contributed by atoms with E-state index >= 15 is 0 Å². The highest BCUT2D eigenvalue weighted by atomic mass is 19.1. The van der Waals surface area contributed by atoms with Crippen LogP contribution in [-0.2, 0) is 0 Å². The molecule has 0 spiro atoms. The molecule has 84 valence electrons. The van der Waals surface area contributed by atoms with Gasteiger partial charge >= 0.3 is 0 Å². The van der Waals surface area contributed by atoms with Crippen LogP contribution >= 0.6 is 0 Å². The lowest BCUT2D eigenvalue weighted by Crippen LogP contribution is -2.45. The maximum atomic E-state index is 13.0. The standard InChI is InChI=1S/C11H17FN2O/c1-9-2-3-11(15-9)10(8-12)14-6-4-13-5-7-14/h2-3,10,13H,4-8H2,1H3/t10-/m0/s1. The summed E-state index contributed by atoms with van der Waals surface area (Å²) < 4.78 is 18.5. The first-order chi connectivity index (χ1) is 7.31. The summed E-state index contributed by atoms with van der Waals surface area (Å²) in [5.74, 6) is 1.59. The van der Waals surface area contributed by atoms with E-state index in [9.17, 15) is 4.39 Å². The molecule has 0 saturated carbocycles. The van der Waals surface area contributed by atoms with Gasteiger partial charge < -0.3 is 9.73 Å². The number of hydrogen-bond acceptors (Lipinski definition) is 3. The minimum absolute atomic E-state index is 0.208. The molecule has 1 aliphatic heterocycles. The second kappa shape index (κ2) is 4.77. The maximum absolute atomic E-state index is 13.0. The molecule has 0 bridgehead atoms. The first-order valence-electron chi connectivity index (χ1n) is 5.38. The highest BCUT2D eigenvalue weighted by molar-refractivity contribution is 5.10. The average Bonchev–Trinajstić information content (AvgIpc) is 2.68. The van der Waals surface area contributed by atoms with Gasteiger partial charge in [-0.2, -0.15) is 0 Å². The van der Waals surface area contributed by atoms with Crippen molar-refractivity contribution in [2.24, 2.45) is 0 Å². The van der Waals surface area contributed by atoms with Crippen LogP contribution in [0.5, 0.6) is 0 Å². The molecule has 1 aliphatic rings. The van der Waals surface area contributed by atoms with Gasteiger partial charge in [-0.15, -0.1) is 0 Å². The van der Waals surface area contributed by atoms with E-state index in [1.807, 2.05) is 19.1 Å². The van der Waals surface area contributed by atoms with Gasteiger partial charge in [0.25, 0.3) is 0 Å². The largest absolute Gasteiger partial charge is 0.465 e. The van der Waals surface area contributed by atoms with Gasteiger partial charge in [0, 0.05) is 26.2 Å². The van der Waals surface area contributed by atoms with Gasteiger partial charge in [0.05, 0.1) is 6.04 Å². The topological polar surface area (TPSA) is 28.4 Å². The highest BCUT2D eigenvalue weighted by Crippen LogP contribution is 2.23. The first kappa shape index (κ1) is 10.6. The molecule has 3 nitrogen and oxygen atoms in total. The van der Waals surface area contributed by atoms with E-state index in [0.717, 1.165) is 37.7 Å². The van der Waals surface area contributed by atoms with Gasteiger partial charge in [-0.25, -0.2) is 4.39 Å². The fourth-order valence-electron chi connectivity index (χ4n) is 1.98. The Morgan fingerprint density at radius 3 is 2.73 bits per heavy atom. The average molecular weight is 212 g/mol. The normalized spacial score (nSPS) is 20.4. The summed E-state index contributed by atoms with van der Waals surface area (Å²) in [4.78, 5) is 2.13. The molecule has 0 aliphatic carbocycles. The summed E-state index contributed by atoms with van der Waals surface area (Å²) in [6.07, 6.45) is 0. The Morgan fingerprint density at radius 1 is 1.47 bits per heavy atom. The van der Waals surface area contributed by atoms with Crippen molar-refractivity contribution in [2.45, 2.75) is 13.0 Å². The summed E-state index contributed by atoms with van der Waals surface area (Å²) in [6, 6.07) is 3.56. The van der Waals surface area contributed by atoms with Crippen LogP contribution in [0.25, 0.3) is 0 Å². The van der Waals surface area contributed by atoms with E-state index in [0.29, 0.717) is 0 Å². The molecule has 4 heteroatoms. The summed E-state index contributed by atoms with van der Waals surface area (Å²) >= 11 is 0. The minimum Gasteiger partial charge on any atom is -0.465 e. The zero-order chi connectivity index (χ0) is 10.7. The Labute approximate surface area is 89.2 Å². The van der Waals surface area contributed by atoms with Crippen molar-refractivity contribution < 1.29 is 8.81 Å². The lowest BCUT2D eigenvalue weighted by Gasteiger charge is -2.32. The van der Waals surface area contributed by atoms with Crippen molar-refractivity contribution >= 4 is 0 Å². The fraction of sp³-hybridized carbons (Fsp3) is 0.636. The van der Waals surface area contributed by atoms with Crippen LogP contribution in [0.4, 0.5) is 4.39 Å². The SMILES string of the molecule is Cc1ccc([C@H](CF)N2CCNCC2)o1. The molecular formula is C11H17FN2O. The third kappa shape index (κ3) is 2.38. The lowest BCUT2D eigenvalue weighted by atomic mass is 10.2. The van der Waals surface area contributed by atoms with Gasteiger partial charge in [0.2, 0.25) is 0 Å². The zero-order valence-corrected chi connectivity index (χ0v) is 9.00. The van der Waals surface area contributed by atoms with Crippen LogP contribution in [0, 0.1) is 6.92 Å². The zero-order valence-electron chi connectivity index (χ0n) is 9.00. The summed E-state index contributed by atoms with van der Waals surface area (Å²) in [5, 5.41) is 3.26. The maximum Gasteiger partial charge on any atom is 0.123 e. The Morgan fingerprint density at radius 2 is 2.20 bits per heavy atom. The molecule has 1 saturated heterocycles. The quantitative estimate of drug-likeness (QED) is 0.823. The number of nitrogens with one attached hydrogen (secondary N) is 1. The van der Waals surface area contributed by atoms with Crippen molar-refractivity contribution in [1.29, 1.82) is 0 Å². The van der Waals surface area contributed by atoms with E-state index in [-0.39, 0.29) is 12.7 Å². The molecule has 1 aromatic rings. The summed E-state index contributed by atoms with van der Waals surface area (Å²) in [6.45, 7) is 5.12. The van der Waals surface area contributed by atoms with Crippen LogP contribution in [0.2, 0.25) is 0 Å². The third-order valence-corrected chi connectivity index (χ3v) is 2.83. The molecular weight excluding hydrogens is 195 g/mol.